The van der Waals surface area contributed by atoms with Gasteiger partial charge in [-0.3, -0.25) is 9.97 Å². The van der Waals surface area contributed by atoms with Gasteiger partial charge in [0.25, 0.3) is 0 Å². The molecule has 0 aliphatic heterocycles. The van der Waals surface area contributed by atoms with E-state index in [9.17, 15) is 5.26 Å². The van der Waals surface area contributed by atoms with Gasteiger partial charge >= 0.3 is 0 Å². The molecule has 0 aliphatic rings. The minimum Gasteiger partial charge on any atom is -0.308 e. The Morgan fingerprint density at radius 2 is 0.818 bits per heavy atom. The number of nitriles is 1. The van der Waals surface area contributed by atoms with Crippen molar-refractivity contribution in [2.75, 3.05) is 0 Å². The largest absolute Gasteiger partial charge is 0.308 e. The lowest BCUT2D eigenvalue weighted by molar-refractivity contribution is 0.584. The van der Waals surface area contributed by atoms with Crippen LogP contribution in [-0.4, -0.2) is 19.1 Å². The molecule has 0 fully saturated rings. The molecule has 0 atom stereocenters. The molecule has 66 heavy (non-hydrogen) atoms. The maximum Gasteiger partial charge on any atom is 0.126 e. The first-order valence-corrected chi connectivity index (χ1v) is 21.7. The van der Waals surface area contributed by atoms with Gasteiger partial charge in [0.1, 0.15) is 11.6 Å². The van der Waals surface area contributed by atoms with Crippen LogP contribution in [0.5, 0.6) is 0 Å². The van der Waals surface area contributed by atoms with Crippen LogP contribution in [0.15, 0.2) is 213 Å². The summed E-state index contributed by atoms with van der Waals surface area (Å²) in [7, 11) is 0. The molecule has 7 heteroatoms. The minimum atomic E-state index is -0.713. The Morgan fingerprint density at radius 1 is 0.379 bits per heavy atom. The highest BCUT2D eigenvalue weighted by Gasteiger charge is 2.25. The van der Waals surface area contributed by atoms with E-state index in [1.165, 1.54) is 12.1 Å². The number of hydrogen-bond donors (Lipinski definition) is 0. The van der Waals surface area contributed by atoms with Crippen molar-refractivity contribution in [2.24, 2.45) is 0 Å². The average Bonchev–Trinajstić information content (AvgIpc) is 3.88. The van der Waals surface area contributed by atoms with Crippen LogP contribution < -0.4 is 0 Å². The summed E-state index contributed by atoms with van der Waals surface area (Å²) in [5, 5.41) is 14.9. The molecule has 12 rings (SSSR count). The highest BCUT2D eigenvalue weighted by Crippen LogP contribution is 2.45. The SMILES string of the molecule is N#Cc1cc(-n2c3ccccc3c3ccc(-c4cccnc4-c4ccccc4)cc32)c(-c2cc(F)cc(F)c2)c(-n2c3ccccc3c3ccc(-c4cccnc4-c4ccccc4)cc32)c1. The summed E-state index contributed by atoms with van der Waals surface area (Å²) in [5.41, 5.74) is 13.3. The van der Waals surface area contributed by atoms with Gasteiger partial charge in [0.2, 0.25) is 0 Å². The Labute approximate surface area is 378 Å². The molecule has 0 saturated carbocycles. The van der Waals surface area contributed by atoms with Crippen LogP contribution in [0, 0.1) is 23.0 Å². The molecule has 5 nitrogen and oxygen atoms in total. The highest BCUT2D eigenvalue weighted by atomic mass is 19.1. The zero-order valence-corrected chi connectivity index (χ0v) is 35.2. The number of hydrogen-bond acceptors (Lipinski definition) is 3. The number of nitrogens with zero attached hydrogens (tertiary/aromatic N) is 5. The molecule has 4 heterocycles. The first-order chi connectivity index (χ1) is 32.5. The van der Waals surface area contributed by atoms with Gasteiger partial charge in [-0.1, -0.05) is 133 Å². The van der Waals surface area contributed by atoms with Gasteiger partial charge in [-0.05, 0) is 77.4 Å². The highest BCUT2D eigenvalue weighted by molar-refractivity contribution is 6.13. The van der Waals surface area contributed by atoms with Crippen molar-refractivity contribution in [3.63, 3.8) is 0 Å². The minimum absolute atomic E-state index is 0.323. The summed E-state index contributed by atoms with van der Waals surface area (Å²) >= 11 is 0. The van der Waals surface area contributed by atoms with Crippen molar-refractivity contribution < 1.29 is 8.78 Å². The van der Waals surface area contributed by atoms with Crippen molar-refractivity contribution in [1.82, 2.24) is 19.1 Å². The average molecular weight is 852 g/mol. The molecule has 0 N–H and O–H groups in total. The molecule has 310 valence electrons. The Hall–Kier alpha value is -8.99. The van der Waals surface area contributed by atoms with Crippen LogP contribution in [0.4, 0.5) is 8.78 Å². The Bertz CT molecular complexity index is 3680. The summed E-state index contributed by atoms with van der Waals surface area (Å²) in [6.45, 7) is 0. The summed E-state index contributed by atoms with van der Waals surface area (Å²) in [5.74, 6) is -1.43. The van der Waals surface area contributed by atoms with Gasteiger partial charge in [0, 0.05) is 67.8 Å². The number of halogens is 2. The second kappa shape index (κ2) is 15.7. The molecule has 0 radical (unpaired) electrons. The van der Waals surface area contributed by atoms with Gasteiger partial charge in [0.05, 0.1) is 56.5 Å². The van der Waals surface area contributed by atoms with Gasteiger partial charge < -0.3 is 9.13 Å². The van der Waals surface area contributed by atoms with Crippen LogP contribution in [0.25, 0.3) is 111 Å². The first kappa shape index (κ1) is 38.7. The number of aromatic nitrogens is 4. The van der Waals surface area contributed by atoms with E-state index >= 15 is 8.78 Å². The van der Waals surface area contributed by atoms with Crippen molar-refractivity contribution >= 4 is 43.6 Å². The van der Waals surface area contributed by atoms with E-state index in [-0.39, 0.29) is 0 Å². The van der Waals surface area contributed by atoms with Gasteiger partial charge in [-0.25, -0.2) is 8.78 Å². The van der Waals surface area contributed by atoms with Crippen molar-refractivity contribution in [1.29, 1.82) is 5.26 Å². The summed E-state index contributed by atoms with van der Waals surface area (Å²) < 4.78 is 35.7. The molecule has 12 aromatic rings. The first-order valence-electron chi connectivity index (χ1n) is 21.7. The molecule has 0 spiro atoms. The molecule has 0 amide bonds. The molecule has 0 unspecified atom stereocenters. The fraction of sp³-hybridized carbons (Fsp3) is 0. The normalized spacial score (nSPS) is 11.5. The fourth-order valence-electron chi connectivity index (χ4n) is 9.75. The van der Waals surface area contributed by atoms with Crippen LogP contribution >= 0.6 is 0 Å². The number of fused-ring (bicyclic) bond motifs is 6. The van der Waals surface area contributed by atoms with E-state index in [2.05, 4.69) is 100 Å². The van der Waals surface area contributed by atoms with Gasteiger partial charge in [-0.15, -0.1) is 0 Å². The molecular formula is C59H35F2N5. The summed E-state index contributed by atoms with van der Waals surface area (Å²) in [6.07, 6.45) is 3.61. The van der Waals surface area contributed by atoms with Crippen molar-refractivity contribution in [3.05, 3.63) is 230 Å². The third-order valence-corrected chi connectivity index (χ3v) is 12.5. The molecule has 0 bridgehead atoms. The molecule has 4 aromatic heterocycles. The molecular weight excluding hydrogens is 817 g/mol. The zero-order valence-electron chi connectivity index (χ0n) is 35.2. The van der Waals surface area contributed by atoms with E-state index in [1.54, 1.807) is 12.4 Å². The molecule has 0 saturated heterocycles. The predicted molar refractivity (Wildman–Crippen MR) is 263 cm³/mol. The fourth-order valence-corrected chi connectivity index (χ4v) is 9.75. The van der Waals surface area contributed by atoms with E-state index in [0.717, 1.165) is 94.4 Å². The van der Waals surface area contributed by atoms with Crippen LogP contribution in [0.2, 0.25) is 0 Å². The van der Waals surface area contributed by atoms with Crippen LogP contribution in [0.3, 0.4) is 0 Å². The van der Waals surface area contributed by atoms with Crippen LogP contribution in [-0.2, 0) is 0 Å². The zero-order chi connectivity index (χ0) is 44.3. The lowest BCUT2D eigenvalue weighted by Crippen LogP contribution is -2.05. The number of para-hydroxylation sites is 2. The number of benzene rings is 8. The van der Waals surface area contributed by atoms with E-state index in [1.807, 2.05) is 97.1 Å². The topological polar surface area (TPSA) is 59.4 Å². The molecule has 8 aromatic carbocycles. The number of pyridine rings is 2. The van der Waals surface area contributed by atoms with Gasteiger partial charge in [-0.2, -0.15) is 5.26 Å². The maximum atomic E-state index is 15.7. The van der Waals surface area contributed by atoms with E-state index < -0.39 is 11.6 Å². The van der Waals surface area contributed by atoms with Crippen LogP contribution in [0.1, 0.15) is 5.56 Å². The van der Waals surface area contributed by atoms with Gasteiger partial charge in [0.15, 0.2) is 0 Å². The third kappa shape index (κ3) is 6.35. The lowest BCUT2D eigenvalue weighted by atomic mass is 9.97. The second-order valence-electron chi connectivity index (χ2n) is 16.4. The Balaban J connectivity index is 1.19. The Kier molecular flexibility index (Phi) is 9.18. The summed E-state index contributed by atoms with van der Waals surface area (Å²) in [6, 6.07) is 67.0. The Morgan fingerprint density at radius 3 is 1.29 bits per heavy atom. The maximum absolute atomic E-state index is 15.7. The smallest absolute Gasteiger partial charge is 0.126 e. The van der Waals surface area contributed by atoms with Crippen molar-refractivity contribution in [2.45, 2.75) is 0 Å². The van der Waals surface area contributed by atoms with E-state index in [0.29, 0.717) is 28.1 Å². The lowest BCUT2D eigenvalue weighted by Gasteiger charge is -2.21. The number of rotatable bonds is 7. The third-order valence-electron chi connectivity index (χ3n) is 12.5. The quantitative estimate of drug-likeness (QED) is 0.160. The predicted octanol–water partition coefficient (Wildman–Crippen LogP) is 15.2. The monoisotopic (exact) mass is 851 g/mol. The summed E-state index contributed by atoms with van der Waals surface area (Å²) in [4.78, 5) is 9.67. The molecule has 0 aliphatic carbocycles. The standard InChI is InChI=1S/C59H35F2N5/c60-43-31-42(32-44(61)35-43)57-55(65-51-21-9-7-17-47(51)49-25-23-40(33-53(49)65)45-19-11-27-63-58(45)38-13-3-1-4-14-38)29-37(36-62)30-56(57)66-52-22-10-8-18-48(52)50-26-24-41(34-54(50)66)46-20-12-28-64-59(46)39-15-5-2-6-16-39/h1-35H. The van der Waals surface area contributed by atoms with E-state index in [4.69, 9.17) is 9.97 Å². The van der Waals surface area contributed by atoms with Crippen molar-refractivity contribution in [3.8, 4) is 73.3 Å². The second-order valence-corrected chi connectivity index (χ2v) is 16.4.